The van der Waals surface area contributed by atoms with E-state index in [1.54, 1.807) is 19.2 Å². The van der Waals surface area contributed by atoms with Crippen LogP contribution in [0.4, 0.5) is 10.1 Å². The van der Waals surface area contributed by atoms with Crippen LogP contribution < -0.4 is 9.62 Å². The number of amides is 1. The van der Waals surface area contributed by atoms with Gasteiger partial charge in [0, 0.05) is 24.2 Å². The summed E-state index contributed by atoms with van der Waals surface area (Å²) in [6.45, 7) is 0.746. The molecule has 1 fully saturated rings. The average molecular weight is 469 g/mol. The van der Waals surface area contributed by atoms with E-state index >= 15 is 0 Å². The number of hydrogen-bond acceptors (Lipinski definition) is 4. The first kappa shape index (κ1) is 23.5. The van der Waals surface area contributed by atoms with Crippen molar-refractivity contribution in [3.8, 4) is 0 Å². The molecular formula is C22H26ClFN2O4S. The van der Waals surface area contributed by atoms with E-state index in [0.29, 0.717) is 42.3 Å². The Hall–Kier alpha value is -2.16. The molecule has 1 amide bonds. The van der Waals surface area contributed by atoms with Gasteiger partial charge in [0.05, 0.1) is 23.2 Å². The second-order valence-corrected chi connectivity index (χ2v) is 9.67. The number of hydrogen-bond donors (Lipinski definition) is 1. The van der Waals surface area contributed by atoms with Gasteiger partial charge in [-0.25, -0.2) is 12.8 Å². The Morgan fingerprint density at radius 2 is 1.77 bits per heavy atom. The van der Waals surface area contributed by atoms with Gasteiger partial charge in [-0.05, 0) is 61.4 Å². The number of carbonyl (C=O) groups is 1. The summed E-state index contributed by atoms with van der Waals surface area (Å²) >= 11 is 5.91. The van der Waals surface area contributed by atoms with E-state index in [0.717, 1.165) is 17.1 Å². The normalized spacial score (nSPS) is 19.1. The molecule has 0 aliphatic heterocycles. The summed E-state index contributed by atoms with van der Waals surface area (Å²) in [4.78, 5) is 12.3. The molecule has 9 heteroatoms. The van der Waals surface area contributed by atoms with Gasteiger partial charge in [0.25, 0.3) is 15.9 Å². The number of ether oxygens (including phenoxy) is 1. The lowest BCUT2D eigenvalue weighted by molar-refractivity contribution is 0.0937. The Bertz CT molecular complexity index is 984. The van der Waals surface area contributed by atoms with E-state index in [2.05, 4.69) is 5.32 Å². The fraction of sp³-hybridized carbons (Fsp3) is 0.409. The highest BCUT2D eigenvalue weighted by Gasteiger charge is 2.38. The maximum atomic E-state index is 14.9. The van der Waals surface area contributed by atoms with Crippen LogP contribution in [0.1, 0.15) is 36.0 Å². The third-order valence-electron chi connectivity index (χ3n) is 5.29. The molecule has 0 heterocycles. The minimum Gasteiger partial charge on any atom is -0.383 e. The van der Waals surface area contributed by atoms with Crippen molar-refractivity contribution in [3.05, 3.63) is 59.1 Å². The van der Waals surface area contributed by atoms with E-state index in [1.165, 1.54) is 36.4 Å². The molecule has 0 aromatic heterocycles. The summed E-state index contributed by atoms with van der Waals surface area (Å²) < 4.78 is 48.0. The van der Waals surface area contributed by atoms with Crippen molar-refractivity contribution in [2.24, 2.45) is 0 Å². The van der Waals surface area contributed by atoms with Gasteiger partial charge >= 0.3 is 0 Å². The number of anilines is 1. The number of carbonyl (C=O) groups excluding carboxylic acids is 1. The summed E-state index contributed by atoms with van der Waals surface area (Å²) in [5.74, 6) is -0.295. The highest BCUT2D eigenvalue weighted by molar-refractivity contribution is 7.92. The van der Waals surface area contributed by atoms with Gasteiger partial charge < -0.3 is 10.1 Å². The lowest BCUT2D eigenvalue weighted by Crippen LogP contribution is -2.47. The Morgan fingerprint density at radius 3 is 2.39 bits per heavy atom. The molecule has 3 rings (SSSR count). The summed E-state index contributed by atoms with van der Waals surface area (Å²) in [5.41, 5.74) is 0.696. The molecule has 2 atom stereocenters. The largest absolute Gasteiger partial charge is 0.383 e. The minimum atomic E-state index is -4.04. The molecule has 6 nitrogen and oxygen atoms in total. The van der Waals surface area contributed by atoms with E-state index in [1.807, 2.05) is 0 Å². The van der Waals surface area contributed by atoms with Crippen LogP contribution in [-0.2, 0) is 14.8 Å². The molecule has 1 N–H and O–H groups in total. The van der Waals surface area contributed by atoms with Crippen LogP contribution in [0.25, 0.3) is 0 Å². The number of rotatable bonds is 8. The molecule has 0 spiro atoms. The van der Waals surface area contributed by atoms with Gasteiger partial charge in [0.1, 0.15) is 6.17 Å². The van der Waals surface area contributed by atoms with Crippen LogP contribution in [0.2, 0.25) is 5.02 Å². The van der Waals surface area contributed by atoms with Crippen LogP contribution in [0.15, 0.2) is 53.4 Å². The van der Waals surface area contributed by atoms with E-state index < -0.39 is 22.2 Å². The zero-order chi connectivity index (χ0) is 22.4. The first-order valence-corrected chi connectivity index (χ1v) is 12.0. The highest BCUT2D eigenvalue weighted by atomic mass is 35.5. The van der Waals surface area contributed by atoms with Crippen molar-refractivity contribution in [3.63, 3.8) is 0 Å². The molecule has 0 bridgehead atoms. The molecule has 2 aromatic rings. The number of methoxy groups -OCH3 is 1. The number of halogens is 2. The van der Waals surface area contributed by atoms with Crippen molar-refractivity contribution in [1.82, 2.24) is 5.32 Å². The maximum absolute atomic E-state index is 14.9. The predicted molar refractivity (Wildman–Crippen MR) is 119 cm³/mol. The molecule has 1 saturated carbocycles. The van der Waals surface area contributed by atoms with Crippen molar-refractivity contribution >= 4 is 33.2 Å². The zero-order valence-corrected chi connectivity index (χ0v) is 18.8. The number of sulfonamides is 1. The molecule has 1 aliphatic carbocycles. The third-order valence-corrected chi connectivity index (χ3v) is 7.41. The van der Waals surface area contributed by atoms with E-state index in [-0.39, 0.29) is 10.8 Å². The summed E-state index contributed by atoms with van der Waals surface area (Å²) in [7, 11) is -2.49. The second-order valence-electron chi connectivity index (χ2n) is 7.42. The molecule has 168 valence electrons. The second kappa shape index (κ2) is 10.4. The van der Waals surface area contributed by atoms with Crippen LogP contribution in [-0.4, -0.2) is 46.8 Å². The monoisotopic (exact) mass is 468 g/mol. The predicted octanol–water partition coefficient (Wildman–Crippen LogP) is 4.19. The average Bonchev–Trinajstić information content (AvgIpc) is 2.76. The van der Waals surface area contributed by atoms with Crippen molar-refractivity contribution in [2.45, 2.75) is 42.8 Å². The van der Waals surface area contributed by atoms with Gasteiger partial charge in [-0.15, -0.1) is 0 Å². The zero-order valence-electron chi connectivity index (χ0n) is 17.3. The lowest BCUT2D eigenvalue weighted by atomic mass is 9.93. The number of alkyl halides is 1. The maximum Gasteiger partial charge on any atom is 0.264 e. The lowest BCUT2D eigenvalue weighted by Gasteiger charge is -2.37. The fourth-order valence-corrected chi connectivity index (χ4v) is 5.51. The topological polar surface area (TPSA) is 75.7 Å². The Morgan fingerprint density at radius 1 is 1.13 bits per heavy atom. The summed E-state index contributed by atoms with van der Waals surface area (Å²) in [6, 6.07) is 11.2. The standard InChI is InChI=1S/C22H26ClFN2O4S/c1-30-15-14-25-22(27)16-6-10-18(11-7-16)26(21-5-3-2-4-20(21)24)31(28,29)19-12-8-17(23)9-13-19/h6-13,20-21H,2-5,14-15H2,1H3,(H,25,27). The number of benzene rings is 2. The Kier molecular flexibility index (Phi) is 7.91. The van der Waals surface area contributed by atoms with E-state index in [4.69, 9.17) is 16.3 Å². The number of nitrogens with one attached hydrogen (secondary N) is 1. The highest BCUT2D eigenvalue weighted by Crippen LogP contribution is 2.34. The van der Waals surface area contributed by atoms with Crippen molar-refractivity contribution in [1.29, 1.82) is 0 Å². The van der Waals surface area contributed by atoms with Crippen LogP contribution in [0, 0.1) is 0 Å². The van der Waals surface area contributed by atoms with Crippen LogP contribution in [0.5, 0.6) is 0 Å². The summed E-state index contributed by atoms with van der Waals surface area (Å²) in [5, 5.41) is 3.12. The van der Waals surface area contributed by atoms with Gasteiger partial charge in [-0.1, -0.05) is 24.4 Å². The summed E-state index contributed by atoms with van der Waals surface area (Å²) in [6.07, 6.45) is 0.947. The first-order valence-electron chi connectivity index (χ1n) is 10.2. The Balaban J connectivity index is 1.95. The molecule has 0 radical (unpaired) electrons. The van der Waals surface area contributed by atoms with E-state index in [9.17, 15) is 17.6 Å². The molecule has 31 heavy (non-hydrogen) atoms. The van der Waals surface area contributed by atoms with Crippen molar-refractivity contribution in [2.75, 3.05) is 24.6 Å². The van der Waals surface area contributed by atoms with Crippen LogP contribution >= 0.6 is 11.6 Å². The molecular weight excluding hydrogens is 443 g/mol. The van der Waals surface area contributed by atoms with Crippen molar-refractivity contribution < 1.29 is 22.3 Å². The number of nitrogens with zero attached hydrogens (tertiary/aromatic N) is 1. The van der Waals surface area contributed by atoms with Gasteiger partial charge in [0.15, 0.2) is 0 Å². The van der Waals surface area contributed by atoms with Gasteiger partial charge in [-0.3, -0.25) is 9.10 Å². The quantitative estimate of drug-likeness (QED) is 0.589. The van der Waals surface area contributed by atoms with Gasteiger partial charge in [0.2, 0.25) is 0 Å². The smallest absolute Gasteiger partial charge is 0.264 e. The molecule has 2 aromatic carbocycles. The van der Waals surface area contributed by atoms with Gasteiger partial charge in [-0.2, -0.15) is 0 Å². The minimum absolute atomic E-state index is 0.0380. The molecule has 1 aliphatic rings. The molecule has 0 saturated heterocycles. The van der Waals surface area contributed by atoms with Crippen LogP contribution in [0.3, 0.4) is 0 Å². The first-order chi connectivity index (χ1) is 14.8. The molecule has 2 unspecified atom stereocenters. The third kappa shape index (κ3) is 5.56. The SMILES string of the molecule is COCCNC(=O)c1ccc(N(C2CCCCC2F)S(=O)(=O)c2ccc(Cl)cc2)cc1. The Labute approximate surface area is 187 Å². The fourth-order valence-electron chi connectivity index (χ4n) is 3.69.